The Labute approximate surface area is 154 Å². The van der Waals surface area contributed by atoms with Crippen LogP contribution in [-0.2, 0) is 10.0 Å². The highest BCUT2D eigenvalue weighted by Gasteiger charge is 2.15. The second kappa shape index (κ2) is 7.35. The van der Waals surface area contributed by atoms with E-state index in [2.05, 4.69) is 15.0 Å². The van der Waals surface area contributed by atoms with Gasteiger partial charge >= 0.3 is 0 Å². The van der Waals surface area contributed by atoms with Gasteiger partial charge in [-0.05, 0) is 48.5 Å². The lowest BCUT2D eigenvalue weighted by Crippen LogP contribution is -2.14. The summed E-state index contributed by atoms with van der Waals surface area (Å²) in [5, 5.41) is 13.4. The first-order chi connectivity index (χ1) is 12.5. The molecule has 26 heavy (non-hydrogen) atoms. The van der Waals surface area contributed by atoms with Gasteiger partial charge in [-0.1, -0.05) is 0 Å². The number of carbonyl (C=O) groups excluding carboxylic acids is 1. The molecule has 3 aromatic rings. The van der Waals surface area contributed by atoms with Crippen LogP contribution in [0.5, 0.6) is 0 Å². The van der Waals surface area contributed by atoms with Gasteiger partial charge in [-0.2, -0.15) is 5.26 Å². The summed E-state index contributed by atoms with van der Waals surface area (Å²) in [6.07, 6.45) is 1.50. The number of aromatic nitrogens is 1. The van der Waals surface area contributed by atoms with Crippen LogP contribution in [0.3, 0.4) is 0 Å². The third-order valence-corrected chi connectivity index (χ3v) is 5.53. The summed E-state index contributed by atoms with van der Waals surface area (Å²) in [7, 11) is -3.73. The standard InChI is InChI=1S/C17H12N4O3S2/c18-11-12-1-3-13(4-2-12)16(22)20-14-5-7-15(8-6-14)26(23,24)21-17-19-9-10-25-17/h1-10H,(H,19,21)(H,20,22). The SMILES string of the molecule is N#Cc1ccc(C(=O)Nc2ccc(S(=O)(=O)Nc3nccs3)cc2)cc1. The van der Waals surface area contributed by atoms with Crippen molar-refractivity contribution >= 4 is 38.1 Å². The molecule has 1 amide bonds. The van der Waals surface area contributed by atoms with E-state index in [0.29, 0.717) is 16.8 Å². The number of carbonyl (C=O) groups is 1. The molecule has 0 fully saturated rings. The molecule has 0 aliphatic heterocycles. The number of nitrogens with one attached hydrogen (secondary N) is 2. The van der Waals surface area contributed by atoms with Crippen LogP contribution in [0.2, 0.25) is 0 Å². The Morgan fingerprint density at radius 2 is 1.77 bits per heavy atom. The minimum atomic E-state index is -3.73. The first-order valence-corrected chi connectivity index (χ1v) is 9.68. The van der Waals surface area contributed by atoms with Crippen LogP contribution in [0.25, 0.3) is 0 Å². The fraction of sp³-hybridized carbons (Fsp3) is 0. The van der Waals surface area contributed by atoms with Gasteiger partial charge in [-0.25, -0.2) is 13.4 Å². The lowest BCUT2D eigenvalue weighted by Gasteiger charge is -2.08. The van der Waals surface area contributed by atoms with Gasteiger partial charge < -0.3 is 5.32 Å². The summed E-state index contributed by atoms with van der Waals surface area (Å²) in [6, 6.07) is 14.0. The Hall–Kier alpha value is -3.22. The van der Waals surface area contributed by atoms with Crippen molar-refractivity contribution in [3.05, 3.63) is 71.2 Å². The van der Waals surface area contributed by atoms with Crippen molar-refractivity contribution in [2.24, 2.45) is 0 Å². The molecule has 1 aromatic heterocycles. The van der Waals surface area contributed by atoms with Crippen LogP contribution in [0.1, 0.15) is 15.9 Å². The molecule has 7 nitrogen and oxygen atoms in total. The molecule has 0 aliphatic rings. The van der Waals surface area contributed by atoms with E-state index in [9.17, 15) is 13.2 Å². The highest BCUT2D eigenvalue weighted by Crippen LogP contribution is 2.20. The van der Waals surface area contributed by atoms with Crippen LogP contribution in [0.4, 0.5) is 10.8 Å². The summed E-state index contributed by atoms with van der Waals surface area (Å²) in [6.45, 7) is 0. The summed E-state index contributed by atoms with van der Waals surface area (Å²) in [5.41, 5.74) is 1.31. The van der Waals surface area contributed by atoms with E-state index >= 15 is 0 Å². The van der Waals surface area contributed by atoms with E-state index in [1.807, 2.05) is 6.07 Å². The Kier molecular flexibility index (Phi) is 4.97. The maximum atomic E-state index is 12.3. The second-order valence-electron chi connectivity index (χ2n) is 5.11. The number of nitrogens with zero attached hydrogens (tertiary/aromatic N) is 2. The first-order valence-electron chi connectivity index (χ1n) is 7.32. The lowest BCUT2D eigenvalue weighted by molar-refractivity contribution is 0.102. The Balaban J connectivity index is 1.71. The largest absolute Gasteiger partial charge is 0.322 e. The molecule has 1 heterocycles. The van der Waals surface area contributed by atoms with Gasteiger partial charge in [0.1, 0.15) is 0 Å². The molecule has 0 unspecified atom stereocenters. The van der Waals surface area contributed by atoms with Gasteiger partial charge in [0.05, 0.1) is 16.5 Å². The van der Waals surface area contributed by atoms with Crippen molar-refractivity contribution in [1.82, 2.24) is 4.98 Å². The first kappa shape index (κ1) is 17.6. The number of sulfonamides is 1. The number of amides is 1. The molecule has 2 N–H and O–H groups in total. The van der Waals surface area contributed by atoms with Crippen LogP contribution < -0.4 is 10.0 Å². The van der Waals surface area contributed by atoms with Gasteiger partial charge in [0.25, 0.3) is 15.9 Å². The van der Waals surface area contributed by atoms with E-state index in [4.69, 9.17) is 5.26 Å². The summed E-state index contributed by atoms with van der Waals surface area (Å²) >= 11 is 1.18. The zero-order valence-electron chi connectivity index (χ0n) is 13.2. The third-order valence-electron chi connectivity index (χ3n) is 3.35. The predicted octanol–water partition coefficient (Wildman–Crippen LogP) is 3.07. The average Bonchev–Trinajstić information content (AvgIpc) is 3.14. The zero-order chi connectivity index (χ0) is 18.6. The van der Waals surface area contributed by atoms with Gasteiger partial charge in [-0.3, -0.25) is 9.52 Å². The number of rotatable bonds is 5. The molecule has 0 atom stereocenters. The van der Waals surface area contributed by atoms with Crippen LogP contribution in [-0.4, -0.2) is 19.3 Å². The molecule has 0 spiro atoms. The van der Waals surface area contributed by atoms with E-state index in [1.54, 1.807) is 29.6 Å². The Bertz CT molecular complexity index is 1050. The molecule has 9 heteroatoms. The molecular formula is C17H12N4O3S2. The van der Waals surface area contributed by atoms with E-state index < -0.39 is 10.0 Å². The van der Waals surface area contributed by atoms with E-state index in [1.165, 1.54) is 41.8 Å². The molecule has 3 rings (SSSR count). The van der Waals surface area contributed by atoms with Gasteiger partial charge in [0.15, 0.2) is 5.13 Å². The second-order valence-corrected chi connectivity index (χ2v) is 7.69. The Morgan fingerprint density at radius 1 is 1.08 bits per heavy atom. The molecule has 0 bridgehead atoms. The minimum absolute atomic E-state index is 0.0593. The van der Waals surface area contributed by atoms with Crippen molar-refractivity contribution in [3.8, 4) is 6.07 Å². The van der Waals surface area contributed by atoms with Crippen LogP contribution >= 0.6 is 11.3 Å². The molecule has 0 saturated carbocycles. The van der Waals surface area contributed by atoms with Crippen LogP contribution in [0, 0.1) is 11.3 Å². The number of anilines is 2. The van der Waals surface area contributed by atoms with E-state index in [0.717, 1.165) is 0 Å². The molecule has 2 aromatic carbocycles. The van der Waals surface area contributed by atoms with Gasteiger partial charge in [-0.15, -0.1) is 11.3 Å². The molecule has 0 saturated heterocycles. The average molecular weight is 384 g/mol. The van der Waals surface area contributed by atoms with Crippen molar-refractivity contribution < 1.29 is 13.2 Å². The third kappa shape index (κ3) is 4.05. The van der Waals surface area contributed by atoms with Crippen molar-refractivity contribution in [2.75, 3.05) is 10.0 Å². The maximum Gasteiger partial charge on any atom is 0.263 e. The number of hydrogen-bond donors (Lipinski definition) is 2. The highest BCUT2D eigenvalue weighted by molar-refractivity contribution is 7.93. The van der Waals surface area contributed by atoms with Crippen molar-refractivity contribution in [1.29, 1.82) is 5.26 Å². The topological polar surface area (TPSA) is 112 Å². The maximum absolute atomic E-state index is 12.3. The van der Waals surface area contributed by atoms with Gasteiger partial charge in [0, 0.05) is 22.8 Å². The molecule has 0 aliphatic carbocycles. The molecule has 0 radical (unpaired) electrons. The normalized spacial score (nSPS) is 10.7. The smallest absolute Gasteiger partial charge is 0.263 e. The van der Waals surface area contributed by atoms with E-state index in [-0.39, 0.29) is 15.9 Å². The fourth-order valence-electron chi connectivity index (χ4n) is 2.06. The van der Waals surface area contributed by atoms with Crippen molar-refractivity contribution in [2.45, 2.75) is 4.90 Å². The van der Waals surface area contributed by atoms with Gasteiger partial charge in [0.2, 0.25) is 0 Å². The number of benzene rings is 2. The quantitative estimate of drug-likeness (QED) is 0.702. The number of hydrogen-bond acceptors (Lipinski definition) is 6. The molecular weight excluding hydrogens is 372 g/mol. The monoisotopic (exact) mass is 384 g/mol. The van der Waals surface area contributed by atoms with Crippen molar-refractivity contribution in [3.63, 3.8) is 0 Å². The zero-order valence-corrected chi connectivity index (χ0v) is 14.8. The minimum Gasteiger partial charge on any atom is -0.322 e. The van der Waals surface area contributed by atoms with Crippen LogP contribution in [0.15, 0.2) is 65.0 Å². The number of nitriles is 1. The lowest BCUT2D eigenvalue weighted by atomic mass is 10.1. The summed E-state index contributed by atoms with van der Waals surface area (Å²) < 4.78 is 26.9. The predicted molar refractivity (Wildman–Crippen MR) is 98.5 cm³/mol. The number of thiazole rings is 1. The fourth-order valence-corrected chi connectivity index (χ4v) is 3.85. The Morgan fingerprint density at radius 3 is 2.35 bits per heavy atom. The summed E-state index contributed by atoms with van der Waals surface area (Å²) in [5.74, 6) is -0.356. The summed E-state index contributed by atoms with van der Waals surface area (Å²) in [4.78, 5) is 16.1. The molecule has 130 valence electrons. The highest BCUT2D eigenvalue weighted by atomic mass is 32.2.